The van der Waals surface area contributed by atoms with Gasteiger partial charge in [-0.3, -0.25) is 14.7 Å². The van der Waals surface area contributed by atoms with Crippen LogP contribution in [0, 0.1) is 0 Å². The van der Waals surface area contributed by atoms with Crippen molar-refractivity contribution in [3.8, 4) is 5.75 Å². The lowest BCUT2D eigenvalue weighted by Crippen LogP contribution is -2.53. The highest BCUT2D eigenvalue weighted by molar-refractivity contribution is 5.31. The molecule has 3 saturated heterocycles. The third-order valence-corrected chi connectivity index (χ3v) is 7.70. The lowest BCUT2D eigenvalue weighted by atomic mass is 10.1. The molecular weight excluding hydrogens is 478 g/mol. The monoisotopic (exact) mass is 523 g/mol. The number of phenolic OH excluding ortho intramolecular Hbond substituents is 1. The molecule has 0 amide bonds. The maximum atomic E-state index is 11.0. The van der Waals surface area contributed by atoms with E-state index in [1.807, 2.05) is 45.9 Å². The molecule has 0 aliphatic carbocycles. The van der Waals surface area contributed by atoms with Gasteiger partial charge in [0, 0.05) is 51.4 Å². The van der Waals surface area contributed by atoms with Crippen molar-refractivity contribution < 1.29 is 34.3 Å². The number of aliphatic hydroxyl groups is 2. The van der Waals surface area contributed by atoms with Crippen molar-refractivity contribution >= 4 is 0 Å². The normalized spacial score (nSPS) is 33.0. The van der Waals surface area contributed by atoms with Crippen molar-refractivity contribution in [2.75, 3.05) is 65.7 Å². The summed E-state index contributed by atoms with van der Waals surface area (Å²) in [7, 11) is 0. The van der Waals surface area contributed by atoms with E-state index in [9.17, 15) is 15.3 Å². The molecule has 210 valence electrons. The van der Waals surface area contributed by atoms with E-state index >= 15 is 0 Å². The van der Waals surface area contributed by atoms with Crippen molar-refractivity contribution in [2.45, 2.75) is 70.1 Å². The van der Waals surface area contributed by atoms with Crippen LogP contribution in [0.5, 0.6) is 5.75 Å². The molecule has 0 bridgehead atoms. The molecule has 3 heterocycles. The molecule has 0 radical (unpaired) electrons. The molecule has 1 aromatic carbocycles. The summed E-state index contributed by atoms with van der Waals surface area (Å²) in [5, 5.41) is 32.3. The first-order chi connectivity index (χ1) is 17.5. The molecule has 3 N–H and O–H groups in total. The lowest BCUT2D eigenvalue weighted by molar-refractivity contribution is -0.205. The number of rotatable bonds is 4. The van der Waals surface area contributed by atoms with Gasteiger partial charge in [0.25, 0.3) is 0 Å². The van der Waals surface area contributed by atoms with E-state index in [0.717, 1.165) is 31.7 Å². The van der Waals surface area contributed by atoms with Crippen LogP contribution in [0.4, 0.5) is 0 Å². The topological polar surface area (TPSA) is 107 Å². The van der Waals surface area contributed by atoms with Gasteiger partial charge in [-0.05, 0) is 33.8 Å². The molecular formula is C27H45N3O7. The van der Waals surface area contributed by atoms with Crippen molar-refractivity contribution in [3.63, 3.8) is 0 Å². The number of aromatic hydroxyl groups is 1. The van der Waals surface area contributed by atoms with Crippen molar-refractivity contribution in [2.24, 2.45) is 0 Å². The fraction of sp³-hybridized carbons (Fsp3) is 0.778. The molecule has 3 aliphatic rings. The van der Waals surface area contributed by atoms with Crippen LogP contribution in [0.25, 0.3) is 0 Å². The van der Waals surface area contributed by atoms with E-state index in [2.05, 4.69) is 14.7 Å². The Bertz CT molecular complexity index is 824. The van der Waals surface area contributed by atoms with E-state index in [0.29, 0.717) is 32.8 Å². The number of ether oxygens (including phenoxy) is 4. The summed E-state index contributed by atoms with van der Waals surface area (Å²) in [4.78, 5) is 6.86. The summed E-state index contributed by atoms with van der Waals surface area (Å²) < 4.78 is 23.6. The maximum absolute atomic E-state index is 11.0. The lowest BCUT2D eigenvalue weighted by Gasteiger charge is -2.36. The van der Waals surface area contributed by atoms with Crippen molar-refractivity contribution in [1.82, 2.24) is 14.7 Å². The minimum absolute atomic E-state index is 0.209. The van der Waals surface area contributed by atoms with Crippen molar-refractivity contribution in [1.29, 1.82) is 0 Å². The predicted octanol–water partition coefficient (Wildman–Crippen LogP) is 0.837. The fourth-order valence-electron chi connectivity index (χ4n) is 5.21. The Labute approximate surface area is 220 Å². The molecule has 4 atom stereocenters. The number of nitrogens with zero attached hydrogens (tertiary/aromatic N) is 3. The quantitative estimate of drug-likeness (QED) is 0.526. The van der Waals surface area contributed by atoms with Crippen LogP contribution in [0.3, 0.4) is 0 Å². The van der Waals surface area contributed by atoms with Gasteiger partial charge < -0.3 is 34.3 Å². The second-order valence-electron chi connectivity index (χ2n) is 11.3. The van der Waals surface area contributed by atoms with Gasteiger partial charge in [0.15, 0.2) is 11.6 Å². The molecule has 10 nitrogen and oxygen atoms in total. The first-order valence-electron chi connectivity index (χ1n) is 13.4. The largest absolute Gasteiger partial charge is 0.508 e. The predicted molar refractivity (Wildman–Crippen MR) is 138 cm³/mol. The van der Waals surface area contributed by atoms with Gasteiger partial charge in [-0.25, -0.2) is 0 Å². The van der Waals surface area contributed by atoms with E-state index in [4.69, 9.17) is 18.9 Å². The maximum Gasteiger partial charge on any atom is 0.162 e. The molecule has 0 aromatic heterocycles. The van der Waals surface area contributed by atoms with Crippen LogP contribution in [-0.4, -0.2) is 132 Å². The van der Waals surface area contributed by atoms with E-state index in [-0.39, 0.29) is 31.0 Å². The number of benzene rings is 1. The minimum atomic E-state index is -0.743. The Morgan fingerprint density at radius 3 is 1.62 bits per heavy atom. The van der Waals surface area contributed by atoms with Gasteiger partial charge in [-0.15, -0.1) is 0 Å². The molecule has 1 aromatic rings. The van der Waals surface area contributed by atoms with Crippen LogP contribution in [0.1, 0.15) is 33.3 Å². The molecule has 3 fully saturated rings. The molecule has 10 heteroatoms. The molecule has 3 aliphatic heterocycles. The standard InChI is InChI=1S/C27H45N3O7/c1-26(2)34-16-21(24(32)18-36-26)29-11-9-28(15-20-7-5-6-8-23(20)31)10-12-30(14-13-29)22-17-35-27(3,4)37-19-25(22)33/h5-8,21-22,24-25,31-33H,9-19H2,1-4H3/t21-,22-,24-,25+/m1/s1. The van der Waals surface area contributed by atoms with Gasteiger partial charge in [0.2, 0.25) is 0 Å². The Morgan fingerprint density at radius 2 is 1.14 bits per heavy atom. The van der Waals surface area contributed by atoms with Crippen LogP contribution < -0.4 is 0 Å². The third-order valence-electron chi connectivity index (χ3n) is 7.70. The summed E-state index contributed by atoms with van der Waals surface area (Å²) in [6.45, 7) is 13.6. The van der Waals surface area contributed by atoms with Gasteiger partial charge in [0.1, 0.15) is 5.75 Å². The number of hydrogen-bond donors (Lipinski definition) is 3. The molecule has 0 unspecified atom stereocenters. The Kier molecular flexibility index (Phi) is 9.48. The first-order valence-corrected chi connectivity index (χ1v) is 13.4. The highest BCUT2D eigenvalue weighted by Gasteiger charge is 2.38. The summed E-state index contributed by atoms with van der Waals surface area (Å²) >= 11 is 0. The second-order valence-corrected chi connectivity index (χ2v) is 11.3. The summed E-state index contributed by atoms with van der Waals surface area (Å²) in [5.74, 6) is -1.20. The fourth-order valence-corrected chi connectivity index (χ4v) is 5.21. The summed E-state index contributed by atoms with van der Waals surface area (Å²) in [6.07, 6.45) is -1.35. The highest BCUT2D eigenvalue weighted by atomic mass is 16.7. The Hall–Kier alpha value is -1.34. The third kappa shape index (κ3) is 7.84. The molecule has 0 saturated carbocycles. The SMILES string of the molecule is CC1(C)OC[C@@H](O)[C@H](N2CCN(Cc3ccccc3O)CCN([C@@H]3COC(C)(C)OC[C@@H]3O)CC2)CO1. The van der Waals surface area contributed by atoms with Gasteiger partial charge in [0.05, 0.1) is 50.7 Å². The average Bonchev–Trinajstić information content (AvgIpc) is 3.01. The van der Waals surface area contributed by atoms with Crippen molar-refractivity contribution in [3.05, 3.63) is 29.8 Å². The van der Waals surface area contributed by atoms with Crippen LogP contribution >= 0.6 is 0 Å². The zero-order valence-electron chi connectivity index (χ0n) is 22.7. The Balaban J connectivity index is 1.54. The Morgan fingerprint density at radius 1 is 0.703 bits per heavy atom. The zero-order chi connectivity index (χ0) is 26.6. The second kappa shape index (κ2) is 12.2. The van der Waals surface area contributed by atoms with Gasteiger partial charge >= 0.3 is 0 Å². The first kappa shape index (κ1) is 28.7. The number of hydrogen-bond acceptors (Lipinski definition) is 10. The van der Waals surface area contributed by atoms with E-state index < -0.39 is 23.8 Å². The highest BCUT2D eigenvalue weighted by Crippen LogP contribution is 2.24. The number of para-hydroxylation sites is 1. The number of phenols is 1. The molecule has 4 rings (SSSR count). The van der Waals surface area contributed by atoms with Gasteiger partial charge in [-0.2, -0.15) is 0 Å². The molecule has 0 spiro atoms. The van der Waals surface area contributed by atoms with Crippen LogP contribution in [0.2, 0.25) is 0 Å². The molecule has 37 heavy (non-hydrogen) atoms. The summed E-state index contributed by atoms with van der Waals surface area (Å²) in [6, 6.07) is 6.99. The zero-order valence-corrected chi connectivity index (χ0v) is 22.7. The van der Waals surface area contributed by atoms with E-state index in [1.54, 1.807) is 6.07 Å². The van der Waals surface area contributed by atoms with Gasteiger partial charge in [-0.1, -0.05) is 18.2 Å². The van der Waals surface area contributed by atoms with E-state index in [1.165, 1.54) is 0 Å². The number of aliphatic hydroxyl groups excluding tert-OH is 2. The minimum Gasteiger partial charge on any atom is -0.508 e. The van der Waals surface area contributed by atoms with Crippen LogP contribution in [-0.2, 0) is 25.5 Å². The summed E-state index contributed by atoms with van der Waals surface area (Å²) in [5.41, 5.74) is 0.876. The average molecular weight is 524 g/mol. The van der Waals surface area contributed by atoms with Crippen LogP contribution in [0.15, 0.2) is 24.3 Å². The smallest absolute Gasteiger partial charge is 0.162 e.